The molecule has 2 heterocycles. The van der Waals surface area contributed by atoms with Crippen molar-refractivity contribution in [2.75, 3.05) is 9.80 Å². The first-order chi connectivity index (χ1) is 24.7. The molecule has 0 fully saturated rings. The van der Waals surface area contributed by atoms with Crippen molar-refractivity contribution in [3.8, 4) is 23.0 Å². The van der Waals surface area contributed by atoms with Crippen LogP contribution in [0.2, 0.25) is 0 Å². The Morgan fingerprint density at radius 1 is 0.490 bits per heavy atom. The standard InChI is InChI=1S/C44H32N2O5/c1-28-36-15-10-16-39(40(36)43(49)45(28)31-11-6-4-7-12-31)51-34-23-19-30(20-24-34)44(2,3)29-17-21-33(22-18-29)50-35-25-26-37-38(27-35)42(48)46(41(37)47)32-13-8-5-9-14-32/h4-27H,1H2,2-3H3. The minimum atomic E-state index is -0.373. The second kappa shape index (κ2) is 12.3. The summed E-state index contributed by atoms with van der Waals surface area (Å²) >= 11 is 0. The van der Waals surface area contributed by atoms with Crippen molar-refractivity contribution in [2.45, 2.75) is 19.3 Å². The van der Waals surface area contributed by atoms with Crippen molar-refractivity contribution in [3.63, 3.8) is 0 Å². The first-order valence-corrected chi connectivity index (χ1v) is 16.6. The molecule has 0 unspecified atom stereocenters. The van der Waals surface area contributed by atoms with Gasteiger partial charge in [-0.05, 0) is 83.9 Å². The first kappa shape index (κ1) is 31.5. The molecule has 0 spiro atoms. The Labute approximate surface area is 295 Å². The smallest absolute Gasteiger partial charge is 0.267 e. The van der Waals surface area contributed by atoms with Gasteiger partial charge in [-0.3, -0.25) is 19.3 Å². The Balaban J connectivity index is 0.963. The average molecular weight is 669 g/mol. The monoisotopic (exact) mass is 668 g/mol. The predicted octanol–water partition coefficient (Wildman–Crippen LogP) is 10.0. The zero-order valence-corrected chi connectivity index (χ0v) is 28.0. The molecule has 0 bridgehead atoms. The highest BCUT2D eigenvalue weighted by Gasteiger charge is 2.37. The number of imide groups is 1. The van der Waals surface area contributed by atoms with E-state index in [0.29, 0.717) is 51.1 Å². The van der Waals surface area contributed by atoms with E-state index in [-0.39, 0.29) is 23.1 Å². The van der Waals surface area contributed by atoms with Crippen molar-refractivity contribution in [3.05, 3.63) is 186 Å². The molecule has 0 N–H and O–H groups in total. The van der Waals surface area contributed by atoms with Crippen molar-refractivity contribution < 1.29 is 23.9 Å². The topological polar surface area (TPSA) is 76.1 Å². The van der Waals surface area contributed by atoms with E-state index in [1.54, 1.807) is 53.4 Å². The fraction of sp³-hybridized carbons (Fsp3) is 0.0682. The number of nitrogens with zero attached hydrogens (tertiary/aromatic N) is 2. The van der Waals surface area contributed by atoms with Crippen LogP contribution in [0.4, 0.5) is 11.4 Å². The molecule has 51 heavy (non-hydrogen) atoms. The Morgan fingerprint density at radius 2 is 1.02 bits per heavy atom. The van der Waals surface area contributed by atoms with E-state index in [0.717, 1.165) is 22.4 Å². The fourth-order valence-corrected chi connectivity index (χ4v) is 6.69. The van der Waals surface area contributed by atoms with Gasteiger partial charge in [-0.25, -0.2) is 4.90 Å². The normalized spacial score (nSPS) is 13.8. The summed E-state index contributed by atoms with van der Waals surface area (Å²) in [6.45, 7) is 8.48. The van der Waals surface area contributed by atoms with Gasteiger partial charge in [-0.1, -0.05) is 93.2 Å². The summed E-state index contributed by atoms with van der Waals surface area (Å²) in [6, 6.07) is 44.6. The molecule has 0 saturated heterocycles. The number of hydrogen-bond acceptors (Lipinski definition) is 5. The van der Waals surface area contributed by atoms with Gasteiger partial charge in [0.15, 0.2) is 0 Å². The molecule has 6 aromatic rings. The molecule has 0 aromatic heterocycles. The Kier molecular flexibility index (Phi) is 7.61. The van der Waals surface area contributed by atoms with Gasteiger partial charge in [-0.2, -0.15) is 0 Å². The molecule has 2 aliphatic heterocycles. The molecule has 7 heteroatoms. The number of carbonyl (C=O) groups is 3. The predicted molar refractivity (Wildman–Crippen MR) is 198 cm³/mol. The van der Waals surface area contributed by atoms with Gasteiger partial charge in [-0.15, -0.1) is 0 Å². The first-order valence-electron chi connectivity index (χ1n) is 16.6. The van der Waals surface area contributed by atoms with Crippen LogP contribution in [0.5, 0.6) is 23.0 Å². The molecule has 0 radical (unpaired) electrons. The molecule has 0 saturated carbocycles. The van der Waals surface area contributed by atoms with Crippen LogP contribution in [0.1, 0.15) is 61.6 Å². The second-order valence-electron chi connectivity index (χ2n) is 13.0. The Hall–Kier alpha value is -6.73. The van der Waals surface area contributed by atoms with E-state index in [1.807, 2.05) is 97.1 Å². The third-order valence-electron chi connectivity index (χ3n) is 9.53. The summed E-state index contributed by atoms with van der Waals surface area (Å²) < 4.78 is 12.4. The summed E-state index contributed by atoms with van der Waals surface area (Å²) in [7, 11) is 0. The maximum absolute atomic E-state index is 13.6. The Morgan fingerprint density at radius 3 is 1.63 bits per heavy atom. The van der Waals surface area contributed by atoms with Crippen molar-refractivity contribution in [1.29, 1.82) is 0 Å². The maximum Gasteiger partial charge on any atom is 0.267 e. The van der Waals surface area contributed by atoms with Gasteiger partial charge in [0.1, 0.15) is 23.0 Å². The van der Waals surface area contributed by atoms with E-state index in [1.165, 1.54) is 4.90 Å². The molecule has 0 atom stereocenters. The van der Waals surface area contributed by atoms with E-state index in [9.17, 15) is 14.4 Å². The number of rotatable bonds is 8. The highest BCUT2D eigenvalue weighted by Crippen LogP contribution is 2.42. The zero-order chi connectivity index (χ0) is 35.3. The van der Waals surface area contributed by atoms with E-state index in [4.69, 9.17) is 9.47 Å². The van der Waals surface area contributed by atoms with Gasteiger partial charge in [0, 0.05) is 16.7 Å². The number of hydrogen-bond donors (Lipinski definition) is 0. The third kappa shape index (κ3) is 5.45. The van der Waals surface area contributed by atoms with Gasteiger partial charge in [0.2, 0.25) is 0 Å². The average Bonchev–Trinajstić information content (AvgIpc) is 3.56. The summed E-state index contributed by atoms with van der Waals surface area (Å²) in [6.07, 6.45) is 0. The summed E-state index contributed by atoms with van der Waals surface area (Å²) in [5.41, 5.74) is 5.62. The lowest BCUT2D eigenvalue weighted by molar-refractivity contribution is 0.0924. The molecule has 7 nitrogen and oxygen atoms in total. The molecule has 8 rings (SSSR count). The molecule has 3 amide bonds. The second-order valence-corrected chi connectivity index (χ2v) is 13.0. The Bertz CT molecular complexity index is 2350. The maximum atomic E-state index is 13.6. The number of carbonyl (C=O) groups excluding carboxylic acids is 3. The van der Waals surface area contributed by atoms with Crippen molar-refractivity contribution in [2.24, 2.45) is 0 Å². The van der Waals surface area contributed by atoms with Crippen LogP contribution in [-0.2, 0) is 5.41 Å². The quantitative estimate of drug-likeness (QED) is 0.151. The molecule has 0 aliphatic carbocycles. The van der Waals surface area contributed by atoms with E-state index >= 15 is 0 Å². The number of benzene rings is 6. The van der Waals surface area contributed by atoms with Crippen LogP contribution in [0.15, 0.2) is 152 Å². The largest absolute Gasteiger partial charge is 0.457 e. The number of ether oxygens (including phenoxy) is 2. The summed E-state index contributed by atoms with van der Waals surface area (Å²) in [5.74, 6) is 1.28. The summed E-state index contributed by atoms with van der Waals surface area (Å²) in [5, 5.41) is 0. The van der Waals surface area contributed by atoms with Crippen LogP contribution in [0.25, 0.3) is 5.70 Å². The molecule has 2 aliphatic rings. The van der Waals surface area contributed by atoms with Crippen LogP contribution in [0, 0.1) is 0 Å². The minimum Gasteiger partial charge on any atom is -0.457 e. The molecule has 6 aromatic carbocycles. The lowest BCUT2D eigenvalue weighted by atomic mass is 9.78. The molecular formula is C44H32N2O5. The summed E-state index contributed by atoms with van der Waals surface area (Å²) in [4.78, 5) is 42.5. The SMILES string of the molecule is C=C1c2cccc(Oc3ccc(C(C)(C)c4ccc(Oc5ccc6c(c5)C(=O)N(c5ccccc5)C6=O)cc4)cc3)c2C(=O)N1c1ccccc1. The number of anilines is 2. The number of amides is 3. The van der Waals surface area contributed by atoms with Gasteiger partial charge < -0.3 is 9.47 Å². The van der Waals surface area contributed by atoms with Crippen LogP contribution < -0.4 is 19.3 Å². The zero-order valence-electron chi connectivity index (χ0n) is 28.0. The fourth-order valence-electron chi connectivity index (χ4n) is 6.69. The van der Waals surface area contributed by atoms with Crippen LogP contribution in [0.3, 0.4) is 0 Å². The molecular weight excluding hydrogens is 636 g/mol. The van der Waals surface area contributed by atoms with E-state index in [2.05, 4.69) is 20.4 Å². The molecule has 248 valence electrons. The highest BCUT2D eigenvalue weighted by atomic mass is 16.5. The highest BCUT2D eigenvalue weighted by molar-refractivity contribution is 6.34. The van der Waals surface area contributed by atoms with Gasteiger partial charge in [0.25, 0.3) is 17.7 Å². The number of para-hydroxylation sites is 2. The van der Waals surface area contributed by atoms with Gasteiger partial charge >= 0.3 is 0 Å². The third-order valence-corrected chi connectivity index (χ3v) is 9.53. The van der Waals surface area contributed by atoms with E-state index < -0.39 is 0 Å². The number of fused-ring (bicyclic) bond motifs is 2. The van der Waals surface area contributed by atoms with Gasteiger partial charge in [0.05, 0.1) is 28.1 Å². The van der Waals surface area contributed by atoms with Crippen LogP contribution >= 0.6 is 0 Å². The van der Waals surface area contributed by atoms with Crippen molar-refractivity contribution >= 4 is 34.8 Å². The lowest BCUT2D eigenvalue weighted by Crippen LogP contribution is -2.29. The van der Waals surface area contributed by atoms with Crippen LogP contribution in [-0.4, -0.2) is 17.7 Å². The lowest BCUT2D eigenvalue weighted by Gasteiger charge is -2.26. The van der Waals surface area contributed by atoms with Crippen molar-refractivity contribution in [1.82, 2.24) is 0 Å². The minimum absolute atomic E-state index is 0.170.